The highest BCUT2D eigenvalue weighted by Crippen LogP contribution is 2.41. The van der Waals surface area contributed by atoms with Gasteiger partial charge in [0.25, 0.3) is 0 Å². The number of ether oxygens (including phenoxy) is 2. The van der Waals surface area contributed by atoms with Gasteiger partial charge in [0, 0.05) is 43.4 Å². The monoisotopic (exact) mass is 462 g/mol. The summed E-state index contributed by atoms with van der Waals surface area (Å²) < 4.78 is 50.5. The minimum atomic E-state index is -4.47. The Kier molecular flexibility index (Phi) is 5.95. The molecule has 1 aliphatic carbocycles. The summed E-state index contributed by atoms with van der Waals surface area (Å²) in [6.07, 6.45) is 1.36. The van der Waals surface area contributed by atoms with Crippen molar-refractivity contribution >= 4 is 5.82 Å². The number of aromatic nitrogens is 2. The number of alkyl halides is 3. The first-order chi connectivity index (χ1) is 15.8. The zero-order valence-electron chi connectivity index (χ0n) is 19.0. The molecule has 178 valence electrons. The van der Waals surface area contributed by atoms with Crippen LogP contribution in [0, 0.1) is 6.92 Å². The summed E-state index contributed by atoms with van der Waals surface area (Å²) in [7, 11) is 1.43. The molecule has 0 bridgehead atoms. The van der Waals surface area contributed by atoms with Gasteiger partial charge in [0.2, 0.25) is 0 Å². The summed E-state index contributed by atoms with van der Waals surface area (Å²) in [5.41, 5.74) is 1.81. The highest BCUT2D eigenvalue weighted by molar-refractivity contribution is 5.73. The Morgan fingerprint density at radius 1 is 1.06 bits per heavy atom. The van der Waals surface area contributed by atoms with E-state index in [1.165, 1.54) is 32.9 Å². The van der Waals surface area contributed by atoms with Gasteiger partial charge in [-0.25, -0.2) is 0 Å². The van der Waals surface area contributed by atoms with Crippen molar-refractivity contribution < 1.29 is 22.6 Å². The van der Waals surface area contributed by atoms with E-state index < -0.39 is 11.7 Å². The molecule has 2 fully saturated rings. The molecule has 2 aromatic rings. The van der Waals surface area contributed by atoms with E-state index in [2.05, 4.69) is 20.0 Å². The fourth-order valence-corrected chi connectivity index (χ4v) is 5.17. The summed E-state index contributed by atoms with van der Waals surface area (Å²) in [6.45, 7) is 4.64. The number of piperidine rings is 1. The number of likely N-dealkylation sites (tertiary alicyclic amines) is 1. The average molecular weight is 463 g/mol. The van der Waals surface area contributed by atoms with Crippen molar-refractivity contribution in [3.8, 4) is 17.0 Å². The lowest BCUT2D eigenvalue weighted by atomic mass is 9.99. The number of fused-ring (bicyclic) bond motifs is 1. The van der Waals surface area contributed by atoms with Crippen LogP contribution < -0.4 is 9.64 Å². The number of rotatable bonds is 6. The van der Waals surface area contributed by atoms with E-state index in [4.69, 9.17) is 9.47 Å². The molecule has 1 saturated carbocycles. The molecular weight excluding hydrogens is 433 g/mol. The number of hydrogen-bond acceptors (Lipinski definition) is 6. The van der Waals surface area contributed by atoms with Crippen molar-refractivity contribution in [1.82, 2.24) is 15.1 Å². The zero-order valence-corrected chi connectivity index (χ0v) is 19.0. The van der Waals surface area contributed by atoms with E-state index in [1.54, 1.807) is 6.92 Å². The highest BCUT2D eigenvalue weighted by atomic mass is 19.4. The van der Waals surface area contributed by atoms with Gasteiger partial charge >= 0.3 is 6.18 Å². The van der Waals surface area contributed by atoms with Crippen LogP contribution in [0.5, 0.6) is 5.75 Å². The summed E-state index contributed by atoms with van der Waals surface area (Å²) in [5, 5.41) is 9.01. The van der Waals surface area contributed by atoms with E-state index in [0.717, 1.165) is 55.5 Å². The molecule has 6 nitrogen and oxygen atoms in total. The lowest BCUT2D eigenvalue weighted by molar-refractivity contribution is -0.137. The molecule has 0 radical (unpaired) electrons. The summed E-state index contributed by atoms with van der Waals surface area (Å²) >= 11 is 0. The van der Waals surface area contributed by atoms with Crippen LogP contribution >= 0.6 is 0 Å². The van der Waals surface area contributed by atoms with Gasteiger partial charge in [0.15, 0.2) is 12.6 Å². The highest BCUT2D eigenvalue weighted by Gasteiger charge is 2.37. The van der Waals surface area contributed by atoms with Crippen molar-refractivity contribution in [2.75, 3.05) is 38.4 Å². The Morgan fingerprint density at radius 2 is 1.88 bits per heavy atom. The van der Waals surface area contributed by atoms with Crippen molar-refractivity contribution in [3.05, 3.63) is 34.9 Å². The van der Waals surface area contributed by atoms with Crippen molar-refractivity contribution in [2.24, 2.45) is 0 Å². The number of nitrogens with zero attached hydrogens (tertiary/aromatic N) is 4. The quantitative estimate of drug-likeness (QED) is 0.592. The Balaban J connectivity index is 1.44. The first-order valence-electron chi connectivity index (χ1n) is 11.6. The maximum Gasteiger partial charge on any atom is 0.416 e. The van der Waals surface area contributed by atoms with Gasteiger partial charge in [-0.3, -0.25) is 4.90 Å². The molecule has 3 heterocycles. The second-order valence-corrected chi connectivity index (χ2v) is 9.26. The Morgan fingerprint density at radius 3 is 2.61 bits per heavy atom. The van der Waals surface area contributed by atoms with Crippen molar-refractivity contribution in [3.63, 3.8) is 0 Å². The minimum absolute atomic E-state index is 0.0978. The van der Waals surface area contributed by atoms with Gasteiger partial charge in [0.05, 0.1) is 11.3 Å². The number of anilines is 1. The number of aryl methyl sites for hydroxylation is 1. The molecule has 5 rings (SSSR count). The second kappa shape index (κ2) is 8.76. The first-order valence-corrected chi connectivity index (χ1v) is 11.6. The lowest BCUT2D eigenvalue weighted by Gasteiger charge is -2.38. The standard InChI is InChI=1S/C24H29F3N4O2/c1-15-10-17(24(25,26)27)12-21(33-14-32-2)22(15)20-11-16-7-9-31(23(16)29-28-20)19-4-3-8-30(13-19)18-5-6-18/h10-12,18-19H,3-9,13-14H2,1-2H3/t19-/m1/s1. The fourth-order valence-electron chi connectivity index (χ4n) is 5.17. The summed E-state index contributed by atoms with van der Waals surface area (Å²) in [6, 6.07) is 5.30. The molecule has 0 spiro atoms. The Hall–Kier alpha value is -2.39. The molecule has 1 aromatic carbocycles. The molecule has 2 aliphatic heterocycles. The van der Waals surface area contributed by atoms with Crippen LogP contribution in [-0.4, -0.2) is 60.7 Å². The van der Waals surface area contributed by atoms with Crippen molar-refractivity contribution in [1.29, 1.82) is 0 Å². The molecule has 0 unspecified atom stereocenters. The normalized spacial score (nSPS) is 21.4. The van der Waals surface area contributed by atoms with Crippen LogP contribution in [0.25, 0.3) is 11.3 Å². The largest absolute Gasteiger partial charge is 0.467 e. The summed E-state index contributed by atoms with van der Waals surface area (Å²) in [4.78, 5) is 4.99. The Bertz CT molecular complexity index is 1030. The molecule has 9 heteroatoms. The van der Waals surface area contributed by atoms with Gasteiger partial charge in [-0.2, -0.15) is 13.2 Å². The molecular formula is C24H29F3N4O2. The van der Waals surface area contributed by atoms with Gasteiger partial charge in [0.1, 0.15) is 5.75 Å². The van der Waals surface area contributed by atoms with Gasteiger partial charge in [-0.15, -0.1) is 10.2 Å². The third-order valence-corrected chi connectivity index (χ3v) is 6.89. The molecule has 0 N–H and O–H groups in total. The van der Waals surface area contributed by atoms with E-state index in [1.807, 2.05) is 6.07 Å². The van der Waals surface area contributed by atoms with Gasteiger partial charge in [-0.05, 0) is 69.3 Å². The minimum Gasteiger partial charge on any atom is -0.467 e. The van der Waals surface area contributed by atoms with Gasteiger partial charge < -0.3 is 14.4 Å². The fraction of sp³-hybridized carbons (Fsp3) is 0.583. The second-order valence-electron chi connectivity index (χ2n) is 9.26. The number of methoxy groups -OCH3 is 1. The molecule has 1 aromatic heterocycles. The predicted molar refractivity (Wildman–Crippen MR) is 118 cm³/mol. The number of hydrogen-bond donors (Lipinski definition) is 0. The van der Waals surface area contributed by atoms with Crippen LogP contribution in [0.2, 0.25) is 0 Å². The molecule has 3 aliphatic rings. The maximum absolute atomic E-state index is 13.4. The van der Waals surface area contributed by atoms with Gasteiger partial charge in [-0.1, -0.05) is 0 Å². The molecule has 0 amide bonds. The summed E-state index contributed by atoms with van der Waals surface area (Å²) in [5.74, 6) is 1.01. The van der Waals surface area contributed by atoms with Crippen LogP contribution in [0.1, 0.15) is 42.4 Å². The number of halogens is 3. The molecule has 1 saturated heterocycles. The third-order valence-electron chi connectivity index (χ3n) is 6.89. The zero-order chi connectivity index (χ0) is 23.2. The smallest absolute Gasteiger partial charge is 0.416 e. The Labute approximate surface area is 191 Å². The van der Waals surface area contributed by atoms with Crippen molar-refractivity contribution in [2.45, 2.75) is 57.3 Å². The van der Waals surface area contributed by atoms with Crippen LogP contribution in [0.15, 0.2) is 18.2 Å². The molecule has 1 atom stereocenters. The third kappa shape index (κ3) is 4.53. The van der Waals surface area contributed by atoms with E-state index in [9.17, 15) is 13.2 Å². The van der Waals surface area contributed by atoms with Crippen LogP contribution in [0.3, 0.4) is 0 Å². The predicted octanol–water partition coefficient (Wildman–Crippen LogP) is 4.44. The first kappa shape index (κ1) is 22.4. The van der Waals surface area contributed by atoms with Crippen LogP contribution in [0.4, 0.5) is 19.0 Å². The SMILES string of the molecule is COCOc1cc(C(F)(F)F)cc(C)c1-c1cc2c(nn1)N([C@@H]1CCCN(C3CC3)C1)CC2. The molecule has 33 heavy (non-hydrogen) atoms. The van der Waals surface area contributed by atoms with E-state index >= 15 is 0 Å². The number of benzene rings is 1. The topological polar surface area (TPSA) is 50.7 Å². The van der Waals surface area contributed by atoms with Crippen LogP contribution in [-0.2, 0) is 17.3 Å². The lowest BCUT2D eigenvalue weighted by Crippen LogP contribution is -2.48. The van der Waals surface area contributed by atoms with E-state index in [-0.39, 0.29) is 12.5 Å². The average Bonchev–Trinajstić information content (AvgIpc) is 3.56. The maximum atomic E-state index is 13.4. The van der Waals surface area contributed by atoms with E-state index in [0.29, 0.717) is 22.9 Å².